The second-order valence-electron chi connectivity index (χ2n) is 16.1. The molecule has 1 aromatic rings. The number of carbonyl (C=O) groups is 5. The summed E-state index contributed by atoms with van der Waals surface area (Å²) in [5.41, 5.74) is 6.29. The summed E-state index contributed by atoms with van der Waals surface area (Å²) in [5.74, 6) is -3.05. The van der Waals surface area contributed by atoms with E-state index in [9.17, 15) is 24.0 Å². The Morgan fingerprint density at radius 1 is 0.943 bits per heavy atom. The zero-order chi connectivity index (χ0) is 40.2. The van der Waals surface area contributed by atoms with Crippen molar-refractivity contribution in [1.29, 1.82) is 0 Å². The number of ketones is 2. The van der Waals surface area contributed by atoms with Crippen molar-refractivity contribution in [3.63, 3.8) is 0 Å². The average molecular weight is 744 g/mol. The number of ether oxygens (including phenoxy) is 3. The maximum absolute atomic E-state index is 14.2. The van der Waals surface area contributed by atoms with Crippen LogP contribution in [0.15, 0.2) is 30.3 Å². The van der Waals surface area contributed by atoms with Gasteiger partial charge in [-0.25, -0.2) is 0 Å². The average Bonchev–Trinajstić information content (AvgIpc) is 3.62. The second kappa shape index (κ2) is 21.1. The van der Waals surface area contributed by atoms with Gasteiger partial charge in [0.2, 0.25) is 11.8 Å². The number of hydrogen-bond donors (Lipinski definition) is 1. The van der Waals surface area contributed by atoms with Crippen molar-refractivity contribution in [3.8, 4) is 0 Å². The molecule has 1 aliphatic rings. The van der Waals surface area contributed by atoms with E-state index in [0.717, 1.165) is 18.4 Å². The Morgan fingerprint density at radius 3 is 2.08 bits per heavy atom. The van der Waals surface area contributed by atoms with E-state index in [0.29, 0.717) is 19.4 Å². The Bertz CT molecular complexity index is 1350. The van der Waals surface area contributed by atoms with Gasteiger partial charge >= 0.3 is 5.97 Å². The molecule has 0 aromatic heterocycles. The van der Waals surface area contributed by atoms with Crippen LogP contribution in [-0.4, -0.2) is 104 Å². The highest BCUT2D eigenvalue weighted by Crippen LogP contribution is 2.32. The normalized spacial score (nSPS) is 19.8. The maximum atomic E-state index is 14.2. The number of benzene rings is 1. The summed E-state index contributed by atoms with van der Waals surface area (Å²) < 4.78 is 17.0. The Morgan fingerprint density at radius 2 is 1.57 bits per heavy atom. The molecule has 53 heavy (non-hydrogen) atoms. The number of Topliss-reactive ketones (excluding diaryl/α,β-unsaturated/α-hetero) is 2. The first-order valence-electron chi connectivity index (χ1n) is 19.5. The molecule has 1 heterocycles. The molecule has 300 valence electrons. The van der Waals surface area contributed by atoms with Gasteiger partial charge in [0, 0.05) is 52.5 Å². The van der Waals surface area contributed by atoms with E-state index in [1.165, 1.54) is 7.11 Å². The van der Waals surface area contributed by atoms with Crippen molar-refractivity contribution in [2.75, 3.05) is 34.9 Å². The highest BCUT2D eigenvalue weighted by Gasteiger charge is 2.44. The fraction of sp³-hybridized carbons (Fsp3) is 0.738. The molecule has 1 aromatic carbocycles. The van der Waals surface area contributed by atoms with E-state index in [2.05, 4.69) is 0 Å². The third kappa shape index (κ3) is 11.9. The number of likely N-dealkylation sites (tertiary alicyclic amines) is 1. The van der Waals surface area contributed by atoms with Crippen LogP contribution < -0.4 is 5.73 Å². The van der Waals surface area contributed by atoms with Crippen LogP contribution in [0, 0.1) is 35.5 Å². The third-order valence-corrected chi connectivity index (χ3v) is 12.0. The number of rotatable bonds is 22. The predicted octanol–water partition coefficient (Wildman–Crippen LogP) is 5.50. The van der Waals surface area contributed by atoms with Gasteiger partial charge in [0.05, 0.1) is 49.3 Å². The van der Waals surface area contributed by atoms with Crippen molar-refractivity contribution < 1.29 is 38.2 Å². The zero-order valence-electron chi connectivity index (χ0n) is 34.6. The number of likely N-dealkylation sites (N-methyl/N-ethyl adjacent to an activating group) is 1. The van der Waals surface area contributed by atoms with Gasteiger partial charge in [0.1, 0.15) is 5.78 Å². The fourth-order valence-electron chi connectivity index (χ4n) is 7.68. The van der Waals surface area contributed by atoms with Crippen LogP contribution in [0.4, 0.5) is 0 Å². The van der Waals surface area contributed by atoms with Crippen LogP contribution in [0.3, 0.4) is 0 Å². The molecule has 9 atom stereocenters. The van der Waals surface area contributed by atoms with Gasteiger partial charge in [-0.1, -0.05) is 85.2 Å². The molecule has 1 aliphatic heterocycles. The maximum Gasteiger partial charge on any atom is 0.309 e. The van der Waals surface area contributed by atoms with Gasteiger partial charge in [-0.3, -0.25) is 24.0 Å². The van der Waals surface area contributed by atoms with E-state index < -0.39 is 47.5 Å². The van der Waals surface area contributed by atoms with Gasteiger partial charge in [0.25, 0.3) is 0 Å². The topological polar surface area (TPSA) is 146 Å². The molecule has 0 spiro atoms. The van der Waals surface area contributed by atoms with Crippen LogP contribution in [0.1, 0.15) is 99.5 Å². The van der Waals surface area contributed by atoms with E-state index in [-0.39, 0.29) is 66.4 Å². The molecular formula is C42H69N3O8. The second-order valence-corrected chi connectivity index (χ2v) is 16.1. The largest absolute Gasteiger partial charge is 0.469 e. The molecule has 11 heteroatoms. The summed E-state index contributed by atoms with van der Waals surface area (Å²) >= 11 is 0. The van der Waals surface area contributed by atoms with Crippen LogP contribution in [0.5, 0.6) is 0 Å². The molecule has 0 aliphatic carbocycles. The summed E-state index contributed by atoms with van der Waals surface area (Å²) in [6.45, 7) is 15.8. The molecular weight excluding hydrogens is 674 g/mol. The minimum atomic E-state index is -1.05. The monoisotopic (exact) mass is 744 g/mol. The summed E-state index contributed by atoms with van der Waals surface area (Å²) in [7, 11) is 6.18. The molecule has 1 fully saturated rings. The van der Waals surface area contributed by atoms with Gasteiger partial charge < -0.3 is 29.7 Å². The first-order chi connectivity index (χ1) is 24.9. The summed E-state index contributed by atoms with van der Waals surface area (Å²) in [6, 6.07) is 8.74. The van der Waals surface area contributed by atoms with Gasteiger partial charge in [-0.15, -0.1) is 0 Å². The van der Waals surface area contributed by atoms with E-state index in [1.807, 2.05) is 71.9 Å². The fourth-order valence-corrected chi connectivity index (χ4v) is 7.68. The highest BCUT2D eigenvalue weighted by atomic mass is 16.5. The Labute approximate surface area is 319 Å². The smallest absolute Gasteiger partial charge is 0.309 e. The minimum Gasteiger partial charge on any atom is -0.469 e. The lowest BCUT2D eigenvalue weighted by molar-refractivity contribution is -0.150. The highest BCUT2D eigenvalue weighted by molar-refractivity contribution is 5.92. The molecule has 8 unspecified atom stereocenters. The van der Waals surface area contributed by atoms with Gasteiger partial charge in [-0.2, -0.15) is 0 Å². The number of amides is 2. The Hall–Kier alpha value is -3.15. The summed E-state index contributed by atoms with van der Waals surface area (Å²) in [4.78, 5) is 71.7. The van der Waals surface area contributed by atoms with E-state index in [1.54, 1.807) is 44.9 Å². The molecule has 2 amide bonds. The minimum absolute atomic E-state index is 0.00306. The van der Waals surface area contributed by atoms with Crippen LogP contribution >= 0.6 is 0 Å². The van der Waals surface area contributed by atoms with Crippen LogP contribution in [0.2, 0.25) is 0 Å². The lowest BCUT2D eigenvalue weighted by Crippen LogP contribution is -2.55. The van der Waals surface area contributed by atoms with Crippen molar-refractivity contribution in [2.45, 2.75) is 130 Å². The standard InChI is InChI=1S/C42H69N3O8/c1-13-28(6)38(44(9)40(49)32(26(2)3)24-36(47)42(8,43)27(4)5)35(51-10)25-37(48)45-21-17-20-33(45)39(52-11)29(7)34(46)23-31(41(50)53-12)22-30-18-15-14-16-19-30/h14-16,18-19,26-29,31-33,35,38-39H,13,17,20-25,43H2,1-12H3/t28?,29?,31-,32?,33?,35?,38?,39?,42?/m1/s1. The number of nitrogens with zero attached hydrogens (tertiary/aromatic N) is 2. The number of carbonyl (C=O) groups excluding carboxylic acids is 5. The summed E-state index contributed by atoms with van der Waals surface area (Å²) in [5, 5.41) is 0. The molecule has 11 nitrogen and oxygen atoms in total. The van der Waals surface area contributed by atoms with Crippen molar-refractivity contribution in [2.24, 2.45) is 41.2 Å². The first-order valence-corrected chi connectivity index (χ1v) is 19.5. The first kappa shape index (κ1) is 46.0. The number of methoxy groups -OCH3 is 3. The molecule has 0 radical (unpaired) electrons. The number of hydrogen-bond acceptors (Lipinski definition) is 9. The lowest BCUT2D eigenvalue weighted by Gasteiger charge is -2.41. The van der Waals surface area contributed by atoms with Crippen LogP contribution in [-0.2, 0) is 44.6 Å². The molecule has 2 N–H and O–H groups in total. The van der Waals surface area contributed by atoms with Crippen molar-refractivity contribution in [1.82, 2.24) is 9.80 Å². The SMILES string of the molecule is CCC(C)C(C(CC(=O)N1CCCC1C(OC)C(C)C(=O)C[C@@H](Cc1ccccc1)C(=O)OC)OC)N(C)C(=O)C(CC(=O)C(C)(N)C(C)C)C(C)C. The molecule has 1 saturated heterocycles. The van der Waals surface area contributed by atoms with E-state index in [4.69, 9.17) is 19.9 Å². The number of nitrogens with two attached hydrogens (primary N) is 1. The van der Waals surface area contributed by atoms with Crippen LogP contribution in [0.25, 0.3) is 0 Å². The summed E-state index contributed by atoms with van der Waals surface area (Å²) in [6.07, 6.45) is 1.39. The predicted molar refractivity (Wildman–Crippen MR) is 207 cm³/mol. The molecule has 2 rings (SSSR count). The van der Waals surface area contributed by atoms with Crippen molar-refractivity contribution >= 4 is 29.4 Å². The quantitative estimate of drug-likeness (QED) is 0.152. The zero-order valence-corrected chi connectivity index (χ0v) is 34.6. The van der Waals surface area contributed by atoms with Crippen molar-refractivity contribution in [3.05, 3.63) is 35.9 Å². The van der Waals surface area contributed by atoms with E-state index >= 15 is 0 Å². The van der Waals surface area contributed by atoms with Gasteiger partial charge in [-0.05, 0) is 49.5 Å². The van der Waals surface area contributed by atoms with Gasteiger partial charge in [0.15, 0.2) is 5.78 Å². The molecule has 0 bridgehead atoms. The molecule has 0 saturated carbocycles. The number of esters is 1. The Kier molecular flexibility index (Phi) is 18.3. The lowest BCUT2D eigenvalue weighted by atomic mass is 9.78. The Balaban J connectivity index is 2.28. The third-order valence-electron chi connectivity index (χ3n) is 12.0.